The van der Waals surface area contributed by atoms with Crippen molar-refractivity contribution in [2.24, 2.45) is 4.99 Å². The maximum absolute atomic E-state index is 5.67. The molecule has 0 aromatic carbocycles. The second kappa shape index (κ2) is 11.2. The number of guanidine groups is 1. The van der Waals surface area contributed by atoms with E-state index in [1.807, 2.05) is 0 Å². The first-order valence-electron chi connectivity index (χ1n) is 9.17. The average molecular weight is 344 g/mol. The van der Waals surface area contributed by atoms with Crippen LogP contribution in [0.4, 0.5) is 0 Å². The Labute approximate surface area is 145 Å². The predicted octanol–water partition coefficient (Wildman–Crippen LogP) is 2.41. The van der Waals surface area contributed by atoms with Crippen molar-refractivity contribution >= 4 is 17.7 Å². The van der Waals surface area contributed by atoms with Gasteiger partial charge in [-0.15, -0.1) is 0 Å². The van der Waals surface area contributed by atoms with E-state index >= 15 is 0 Å². The maximum atomic E-state index is 5.67. The molecule has 3 atom stereocenters. The van der Waals surface area contributed by atoms with Crippen LogP contribution in [0.25, 0.3) is 0 Å². The lowest BCUT2D eigenvalue weighted by atomic mass is 10.2. The van der Waals surface area contributed by atoms with Crippen molar-refractivity contribution in [3.63, 3.8) is 0 Å². The minimum atomic E-state index is 0.303. The summed E-state index contributed by atoms with van der Waals surface area (Å²) in [5, 5.41) is 7.74. The van der Waals surface area contributed by atoms with Crippen molar-refractivity contribution in [1.82, 2.24) is 10.6 Å². The molecule has 2 fully saturated rings. The van der Waals surface area contributed by atoms with Crippen LogP contribution in [0.1, 0.15) is 46.0 Å². The lowest BCUT2D eigenvalue weighted by Gasteiger charge is -2.17. The van der Waals surface area contributed by atoms with Crippen LogP contribution in [0.15, 0.2) is 4.99 Å². The van der Waals surface area contributed by atoms with E-state index in [0.717, 1.165) is 30.8 Å². The number of hydrogen-bond donors (Lipinski definition) is 2. The zero-order valence-electron chi connectivity index (χ0n) is 14.7. The van der Waals surface area contributed by atoms with Crippen LogP contribution < -0.4 is 10.6 Å². The van der Waals surface area contributed by atoms with Crippen LogP contribution in [0.5, 0.6) is 0 Å². The minimum absolute atomic E-state index is 0.303. The van der Waals surface area contributed by atoms with Gasteiger partial charge in [0, 0.05) is 24.4 Å². The highest BCUT2D eigenvalue weighted by Crippen LogP contribution is 2.29. The van der Waals surface area contributed by atoms with Gasteiger partial charge in [0.25, 0.3) is 0 Å². The number of aliphatic imine (C=N–C) groups is 1. The van der Waals surface area contributed by atoms with E-state index in [2.05, 4.69) is 41.2 Å². The van der Waals surface area contributed by atoms with Gasteiger partial charge in [-0.05, 0) is 44.8 Å². The standard InChI is InChI=1S/C17H33N3O2S/c1-3-18-17(20-14-7-8-16(12-14)23-4-2)19-9-11-21-13-15-6-5-10-22-15/h14-16H,3-13H2,1-2H3,(H2,18,19,20). The van der Waals surface area contributed by atoms with E-state index < -0.39 is 0 Å². The molecule has 23 heavy (non-hydrogen) atoms. The van der Waals surface area contributed by atoms with Crippen molar-refractivity contribution in [1.29, 1.82) is 0 Å². The highest BCUT2D eigenvalue weighted by molar-refractivity contribution is 7.99. The second-order valence-electron chi connectivity index (χ2n) is 6.20. The van der Waals surface area contributed by atoms with Gasteiger partial charge in [0.05, 0.1) is 25.9 Å². The fourth-order valence-electron chi connectivity index (χ4n) is 3.18. The number of ether oxygens (including phenoxy) is 2. The van der Waals surface area contributed by atoms with Gasteiger partial charge < -0.3 is 20.1 Å². The predicted molar refractivity (Wildman–Crippen MR) is 98.5 cm³/mol. The number of nitrogens with zero attached hydrogens (tertiary/aromatic N) is 1. The molecule has 0 spiro atoms. The largest absolute Gasteiger partial charge is 0.377 e. The van der Waals surface area contributed by atoms with Gasteiger partial charge in [0.15, 0.2) is 5.96 Å². The molecule has 1 heterocycles. The van der Waals surface area contributed by atoms with Crippen molar-refractivity contribution in [2.75, 3.05) is 38.7 Å². The normalized spacial score (nSPS) is 28.3. The van der Waals surface area contributed by atoms with Gasteiger partial charge in [0.1, 0.15) is 0 Å². The van der Waals surface area contributed by atoms with Crippen LogP contribution in [-0.2, 0) is 9.47 Å². The quantitative estimate of drug-likeness (QED) is 0.382. The third kappa shape index (κ3) is 7.31. The molecule has 0 aromatic rings. The Morgan fingerprint density at radius 3 is 2.96 bits per heavy atom. The SMILES string of the molecule is CCNC(=NCCOCC1CCCO1)NC1CCC(SCC)C1. The first-order valence-corrected chi connectivity index (χ1v) is 10.2. The molecule has 0 bridgehead atoms. The summed E-state index contributed by atoms with van der Waals surface area (Å²) < 4.78 is 11.2. The van der Waals surface area contributed by atoms with E-state index in [-0.39, 0.29) is 0 Å². The average Bonchev–Trinajstić information content (AvgIpc) is 3.19. The zero-order chi connectivity index (χ0) is 16.3. The number of nitrogens with one attached hydrogen (secondary N) is 2. The molecule has 0 radical (unpaired) electrons. The summed E-state index contributed by atoms with van der Waals surface area (Å²) >= 11 is 2.09. The highest BCUT2D eigenvalue weighted by atomic mass is 32.2. The third-order valence-corrected chi connectivity index (χ3v) is 5.54. The molecule has 2 aliphatic rings. The Morgan fingerprint density at radius 1 is 1.30 bits per heavy atom. The molecular weight excluding hydrogens is 310 g/mol. The van der Waals surface area contributed by atoms with Gasteiger partial charge in [-0.2, -0.15) is 11.8 Å². The first kappa shape index (κ1) is 18.9. The van der Waals surface area contributed by atoms with Crippen molar-refractivity contribution < 1.29 is 9.47 Å². The topological polar surface area (TPSA) is 54.9 Å². The van der Waals surface area contributed by atoms with E-state index in [9.17, 15) is 0 Å². The molecular formula is C17H33N3O2S. The van der Waals surface area contributed by atoms with Crippen molar-refractivity contribution in [3.8, 4) is 0 Å². The van der Waals surface area contributed by atoms with Gasteiger partial charge in [-0.1, -0.05) is 6.92 Å². The number of hydrogen-bond acceptors (Lipinski definition) is 4. The lowest BCUT2D eigenvalue weighted by Crippen LogP contribution is -2.42. The second-order valence-corrected chi connectivity index (χ2v) is 7.78. The molecule has 0 amide bonds. The summed E-state index contributed by atoms with van der Waals surface area (Å²) in [6.45, 7) is 8.19. The molecule has 1 saturated heterocycles. The van der Waals surface area contributed by atoms with E-state index in [4.69, 9.17) is 9.47 Å². The van der Waals surface area contributed by atoms with E-state index in [1.165, 1.54) is 31.4 Å². The molecule has 3 unspecified atom stereocenters. The minimum Gasteiger partial charge on any atom is -0.377 e. The molecule has 134 valence electrons. The Morgan fingerprint density at radius 2 is 2.22 bits per heavy atom. The van der Waals surface area contributed by atoms with E-state index in [0.29, 0.717) is 31.9 Å². The Hall–Kier alpha value is -0.460. The lowest BCUT2D eigenvalue weighted by molar-refractivity contribution is 0.0200. The third-order valence-electron chi connectivity index (χ3n) is 4.31. The fraction of sp³-hybridized carbons (Fsp3) is 0.941. The van der Waals surface area contributed by atoms with Crippen LogP contribution in [0.3, 0.4) is 0 Å². The van der Waals surface area contributed by atoms with Gasteiger partial charge in [-0.3, -0.25) is 4.99 Å². The number of thioether (sulfide) groups is 1. The highest BCUT2D eigenvalue weighted by Gasteiger charge is 2.25. The summed E-state index contributed by atoms with van der Waals surface area (Å²) in [7, 11) is 0. The molecule has 6 heteroatoms. The smallest absolute Gasteiger partial charge is 0.191 e. The summed E-state index contributed by atoms with van der Waals surface area (Å²) in [5.41, 5.74) is 0. The van der Waals surface area contributed by atoms with Gasteiger partial charge in [0.2, 0.25) is 0 Å². The van der Waals surface area contributed by atoms with Crippen LogP contribution in [-0.4, -0.2) is 62.0 Å². The maximum Gasteiger partial charge on any atom is 0.191 e. The van der Waals surface area contributed by atoms with Crippen LogP contribution >= 0.6 is 11.8 Å². The van der Waals surface area contributed by atoms with Gasteiger partial charge in [-0.25, -0.2) is 0 Å². The Kier molecular flexibility index (Phi) is 9.15. The summed E-state index contributed by atoms with van der Waals surface area (Å²) in [5.74, 6) is 2.15. The summed E-state index contributed by atoms with van der Waals surface area (Å²) in [6, 6.07) is 0.560. The first-order chi connectivity index (χ1) is 11.3. The van der Waals surface area contributed by atoms with Crippen molar-refractivity contribution in [2.45, 2.75) is 63.3 Å². The van der Waals surface area contributed by atoms with Crippen molar-refractivity contribution in [3.05, 3.63) is 0 Å². The van der Waals surface area contributed by atoms with E-state index in [1.54, 1.807) is 0 Å². The van der Waals surface area contributed by atoms with Crippen LogP contribution in [0.2, 0.25) is 0 Å². The van der Waals surface area contributed by atoms with Gasteiger partial charge >= 0.3 is 0 Å². The number of rotatable bonds is 9. The molecule has 2 rings (SSSR count). The molecule has 1 aliphatic carbocycles. The Bertz CT molecular complexity index is 349. The zero-order valence-corrected chi connectivity index (χ0v) is 15.5. The molecule has 0 aromatic heterocycles. The fourth-order valence-corrected chi connectivity index (χ4v) is 4.33. The van der Waals surface area contributed by atoms with Crippen LogP contribution in [0, 0.1) is 0 Å². The monoisotopic (exact) mass is 343 g/mol. The summed E-state index contributed by atoms with van der Waals surface area (Å²) in [4.78, 5) is 4.63. The molecule has 1 aliphatic heterocycles. The molecule has 2 N–H and O–H groups in total. The summed E-state index contributed by atoms with van der Waals surface area (Å²) in [6.07, 6.45) is 6.42. The molecule has 1 saturated carbocycles. The Balaban J connectivity index is 1.63. The molecule has 5 nitrogen and oxygen atoms in total.